The van der Waals surface area contributed by atoms with Crippen LogP contribution >= 0.6 is 0 Å². The van der Waals surface area contributed by atoms with Gasteiger partial charge in [0.2, 0.25) is 0 Å². The summed E-state index contributed by atoms with van der Waals surface area (Å²) in [4.78, 5) is 15.1. The zero-order chi connectivity index (χ0) is 13.8. The van der Waals surface area contributed by atoms with Gasteiger partial charge in [-0.2, -0.15) is 0 Å². The minimum Gasteiger partial charge on any atom is -0.487 e. The van der Waals surface area contributed by atoms with Gasteiger partial charge in [-0.25, -0.2) is 4.79 Å². The van der Waals surface area contributed by atoms with Crippen molar-refractivity contribution in [2.75, 3.05) is 0 Å². The van der Waals surface area contributed by atoms with Crippen molar-refractivity contribution in [3.63, 3.8) is 0 Å². The average molecular weight is 257 g/mol. The van der Waals surface area contributed by atoms with Crippen molar-refractivity contribution in [2.45, 2.75) is 20.5 Å². The van der Waals surface area contributed by atoms with E-state index in [4.69, 9.17) is 9.84 Å². The molecule has 19 heavy (non-hydrogen) atoms. The van der Waals surface area contributed by atoms with Gasteiger partial charge in [0.15, 0.2) is 0 Å². The Morgan fingerprint density at radius 2 is 2.05 bits per heavy atom. The van der Waals surface area contributed by atoms with Crippen molar-refractivity contribution in [3.8, 4) is 5.75 Å². The van der Waals surface area contributed by atoms with E-state index in [-0.39, 0.29) is 0 Å². The molecule has 98 valence electrons. The number of pyridine rings is 1. The largest absolute Gasteiger partial charge is 0.487 e. The standard InChI is InChI=1S/C15H15NO3/c1-10-4-3-7-16-14(10)9-19-12-5-6-13(15(17)18)11(2)8-12/h3-8H,9H2,1-2H3,(H,17,18). The van der Waals surface area contributed by atoms with E-state index in [0.29, 0.717) is 23.5 Å². The van der Waals surface area contributed by atoms with Gasteiger partial charge in [0.05, 0.1) is 11.3 Å². The average Bonchev–Trinajstić information content (AvgIpc) is 2.37. The number of carbonyl (C=O) groups is 1. The first-order valence-electron chi connectivity index (χ1n) is 5.95. The van der Waals surface area contributed by atoms with E-state index < -0.39 is 5.97 Å². The van der Waals surface area contributed by atoms with Gasteiger partial charge >= 0.3 is 5.97 Å². The number of carboxylic acid groups (broad SMARTS) is 1. The summed E-state index contributed by atoms with van der Waals surface area (Å²) in [6, 6.07) is 8.80. The molecule has 0 atom stereocenters. The maximum Gasteiger partial charge on any atom is 0.335 e. The molecule has 2 aromatic rings. The molecule has 4 heteroatoms. The fraction of sp³-hybridized carbons (Fsp3) is 0.200. The van der Waals surface area contributed by atoms with Crippen molar-refractivity contribution >= 4 is 5.97 Å². The number of aromatic carboxylic acids is 1. The van der Waals surface area contributed by atoms with Gasteiger partial charge in [-0.05, 0) is 49.2 Å². The van der Waals surface area contributed by atoms with Gasteiger partial charge in [-0.15, -0.1) is 0 Å². The highest BCUT2D eigenvalue weighted by molar-refractivity contribution is 5.89. The van der Waals surface area contributed by atoms with Crippen LogP contribution in [-0.4, -0.2) is 16.1 Å². The van der Waals surface area contributed by atoms with Crippen LogP contribution < -0.4 is 4.74 Å². The number of nitrogens with zero attached hydrogens (tertiary/aromatic N) is 1. The molecule has 1 N–H and O–H groups in total. The van der Waals surface area contributed by atoms with Crippen LogP contribution in [-0.2, 0) is 6.61 Å². The number of benzene rings is 1. The SMILES string of the molecule is Cc1cc(OCc2ncccc2C)ccc1C(=O)O. The van der Waals surface area contributed by atoms with Gasteiger partial charge in [-0.3, -0.25) is 4.98 Å². The summed E-state index contributed by atoms with van der Waals surface area (Å²) >= 11 is 0. The highest BCUT2D eigenvalue weighted by Crippen LogP contribution is 2.18. The van der Waals surface area contributed by atoms with Crippen LogP contribution in [0.4, 0.5) is 0 Å². The summed E-state index contributed by atoms with van der Waals surface area (Å²) in [6.07, 6.45) is 1.73. The third-order valence-electron chi connectivity index (χ3n) is 2.92. The molecule has 0 aliphatic rings. The number of rotatable bonds is 4. The molecular formula is C15H15NO3. The maximum atomic E-state index is 10.9. The molecule has 1 aromatic carbocycles. The zero-order valence-corrected chi connectivity index (χ0v) is 10.9. The summed E-state index contributed by atoms with van der Waals surface area (Å²) in [5.41, 5.74) is 2.92. The lowest BCUT2D eigenvalue weighted by atomic mass is 10.1. The number of aromatic nitrogens is 1. The number of hydrogen-bond donors (Lipinski definition) is 1. The number of carboxylic acids is 1. The summed E-state index contributed by atoms with van der Waals surface area (Å²) in [5, 5.41) is 8.95. The Labute approximate surface area is 111 Å². The lowest BCUT2D eigenvalue weighted by molar-refractivity contribution is 0.0696. The van der Waals surface area contributed by atoms with Crippen LogP contribution in [0.1, 0.15) is 27.2 Å². The van der Waals surface area contributed by atoms with E-state index in [1.807, 2.05) is 19.1 Å². The van der Waals surface area contributed by atoms with Gasteiger partial charge < -0.3 is 9.84 Å². The fourth-order valence-electron chi connectivity index (χ4n) is 1.79. The van der Waals surface area contributed by atoms with Gasteiger partial charge in [0.25, 0.3) is 0 Å². The van der Waals surface area contributed by atoms with Gasteiger partial charge in [0.1, 0.15) is 12.4 Å². The summed E-state index contributed by atoms with van der Waals surface area (Å²) < 4.78 is 5.63. The second-order valence-electron chi connectivity index (χ2n) is 4.34. The molecule has 0 unspecified atom stereocenters. The van der Waals surface area contributed by atoms with E-state index in [1.54, 1.807) is 31.3 Å². The molecule has 0 saturated heterocycles. The Balaban J connectivity index is 2.11. The first-order valence-corrected chi connectivity index (χ1v) is 5.95. The first-order chi connectivity index (χ1) is 9.08. The Morgan fingerprint density at radius 1 is 1.26 bits per heavy atom. The van der Waals surface area contributed by atoms with Crippen LogP contribution in [0.25, 0.3) is 0 Å². The zero-order valence-electron chi connectivity index (χ0n) is 10.9. The molecule has 0 spiro atoms. The summed E-state index contributed by atoms with van der Waals surface area (Å²) in [6.45, 7) is 4.10. The van der Waals surface area contributed by atoms with Crippen LogP contribution in [0.5, 0.6) is 5.75 Å². The maximum absolute atomic E-state index is 10.9. The lowest BCUT2D eigenvalue weighted by Crippen LogP contribution is -2.03. The monoisotopic (exact) mass is 257 g/mol. The molecule has 0 aliphatic carbocycles. The minimum atomic E-state index is -0.926. The smallest absolute Gasteiger partial charge is 0.335 e. The summed E-state index contributed by atoms with van der Waals surface area (Å²) in [7, 11) is 0. The van der Waals surface area contributed by atoms with Gasteiger partial charge in [-0.1, -0.05) is 6.07 Å². The second-order valence-corrected chi connectivity index (χ2v) is 4.34. The van der Waals surface area contributed by atoms with E-state index in [0.717, 1.165) is 11.3 Å². The number of hydrogen-bond acceptors (Lipinski definition) is 3. The molecule has 1 heterocycles. The molecule has 0 amide bonds. The number of aryl methyl sites for hydroxylation is 2. The van der Waals surface area contributed by atoms with Crippen molar-refractivity contribution in [1.82, 2.24) is 4.98 Å². The molecule has 2 rings (SSSR count). The number of ether oxygens (including phenoxy) is 1. The van der Waals surface area contributed by atoms with Crippen LogP contribution in [0.3, 0.4) is 0 Å². The molecule has 1 aromatic heterocycles. The first kappa shape index (κ1) is 13.1. The Bertz CT molecular complexity index is 608. The molecular weight excluding hydrogens is 242 g/mol. The third-order valence-corrected chi connectivity index (χ3v) is 2.92. The van der Waals surface area contributed by atoms with Crippen molar-refractivity contribution < 1.29 is 14.6 Å². The topological polar surface area (TPSA) is 59.4 Å². The predicted octanol–water partition coefficient (Wildman–Crippen LogP) is 2.98. The third kappa shape index (κ3) is 3.10. The minimum absolute atomic E-state index is 0.293. The fourth-order valence-corrected chi connectivity index (χ4v) is 1.79. The molecule has 4 nitrogen and oxygen atoms in total. The van der Waals surface area contributed by atoms with Crippen molar-refractivity contribution in [2.24, 2.45) is 0 Å². The lowest BCUT2D eigenvalue weighted by Gasteiger charge is -2.09. The Morgan fingerprint density at radius 3 is 2.68 bits per heavy atom. The second kappa shape index (κ2) is 5.52. The Hall–Kier alpha value is -2.36. The normalized spacial score (nSPS) is 10.2. The van der Waals surface area contributed by atoms with E-state index in [9.17, 15) is 4.79 Å². The predicted molar refractivity (Wildman–Crippen MR) is 71.4 cm³/mol. The Kier molecular flexibility index (Phi) is 3.80. The highest BCUT2D eigenvalue weighted by Gasteiger charge is 2.08. The molecule has 0 aliphatic heterocycles. The van der Waals surface area contributed by atoms with Gasteiger partial charge in [0, 0.05) is 6.20 Å². The van der Waals surface area contributed by atoms with E-state index >= 15 is 0 Å². The van der Waals surface area contributed by atoms with E-state index in [2.05, 4.69) is 4.98 Å². The molecule has 0 radical (unpaired) electrons. The molecule has 0 saturated carbocycles. The van der Waals surface area contributed by atoms with Crippen LogP contribution in [0, 0.1) is 13.8 Å². The quantitative estimate of drug-likeness (QED) is 0.914. The molecule has 0 fully saturated rings. The van der Waals surface area contributed by atoms with E-state index in [1.165, 1.54) is 0 Å². The molecule has 0 bridgehead atoms. The van der Waals surface area contributed by atoms with Crippen LogP contribution in [0.2, 0.25) is 0 Å². The summed E-state index contributed by atoms with van der Waals surface area (Å²) in [5.74, 6) is -0.280. The van der Waals surface area contributed by atoms with Crippen molar-refractivity contribution in [3.05, 3.63) is 58.9 Å². The van der Waals surface area contributed by atoms with Crippen molar-refractivity contribution in [1.29, 1.82) is 0 Å². The van der Waals surface area contributed by atoms with Crippen LogP contribution in [0.15, 0.2) is 36.5 Å². The highest BCUT2D eigenvalue weighted by atomic mass is 16.5.